The molecule has 1 saturated heterocycles. The van der Waals surface area contributed by atoms with E-state index in [0.29, 0.717) is 0 Å². The van der Waals surface area contributed by atoms with Crippen LogP contribution in [0.25, 0.3) is 0 Å². The van der Waals surface area contributed by atoms with E-state index in [9.17, 15) is 8.42 Å². The number of hydrogen-bond acceptors (Lipinski definition) is 2. The Balaban J connectivity index is 2.19. The lowest BCUT2D eigenvalue weighted by Gasteiger charge is -2.21. The van der Waals surface area contributed by atoms with Crippen molar-refractivity contribution in [3.05, 3.63) is 23.6 Å². The van der Waals surface area contributed by atoms with Gasteiger partial charge in [0.25, 0.3) is 0 Å². The largest absolute Gasteiger partial charge is 0.257 e. The molecule has 0 saturated carbocycles. The van der Waals surface area contributed by atoms with E-state index in [1.54, 1.807) is 5.41 Å². The van der Waals surface area contributed by atoms with Gasteiger partial charge in [-0.2, -0.15) is 0 Å². The van der Waals surface area contributed by atoms with Crippen molar-refractivity contribution in [2.75, 3.05) is 0 Å². The lowest BCUT2D eigenvalue weighted by molar-refractivity contribution is 0.609. The number of hydrogen-bond donors (Lipinski definition) is 0. The first-order valence-electron chi connectivity index (χ1n) is 4.01. The minimum atomic E-state index is -1.09. The summed E-state index contributed by atoms with van der Waals surface area (Å²) in [5, 5.41) is 1.55. The van der Waals surface area contributed by atoms with Crippen LogP contribution in [-0.2, 0) is 21.6 Å². The van der Waals surface area contributed by atoms with Gasteiger partial charge in [-0.3, -0.25) is 8.42 Å². The topological polar surface area (TPSA) is 34.1 Å². The third kappa shape index (κ3) is 0.802. The Morgan fingerprint density at radius 3 is 2.77 bits per heavy atom. The molecule has 3 rings (SSSR count). The van der Waals surface area contributed by atoms with Crippen LogP contribution in [-0.4, -0.2) is 23.1 Å². The molecule has 3 aliphatic heterocycles. The van der Waals surface area contributed by atoms with Crippen LogP contribution < -0.4 is 0 Å². The fourth-order valence-electron chi connectivity index (χ4n) is 2.25. The predicted molar refractivity (Wildman–Crippen MR) is 54.2 cm³/mol. The van der Waals surface area contributed by atoms with Gasteiger partial charge in [-0.15, -0.1) is 0 Å². The summed E-state index contributed by atoms with van der Waals surface area (Å²) in [7, 11) is -2.07. The van der Waals surface area contributed by atoms with Crippen LogP contribution in [0, 0.1) is 5.92 Å². The van der Waals surface area contributed by atoms with Crippen LogP contribution in [0.3, 0.4) is 0 Å². The van der Waals surface area contributed by atoms with Crippen molar-refractivity contribution >= 4 is 33.2 Å². The SMILES string of the molecule is O=S1C2C=C[C@@]1(Cl)[C@H]1C=C[S@@](=O)[C@@H]21. The second-order valence-electron chi connectivity index (χ2n) is 3.47. The van der Waals surface area contributed by atoms with E-state index >= 15 is 0 Å². The van der Waals surface area contributed by atoms with Gasteiger partial charge >= 0.3 is 0 Å². The second kappa shape index (κ2) is 2.35. The van der Waals surface area contributed by atoms with E-state index in [4.69, 9.17) is 11.6 Å². The molecule has 0 N–H and O–H groups in total. The van der Waals surface area contributed by atoms with Gasteiger partial charge in [0.05, 0.1) is 32.1 Å². The molecule has 2 bridgehead atoms. The molecular weight excluding hydrogens is 228 g/mol. The zero-order valence-electron chi connectivity index (χ0n) is 6.55. The first-order chi connectivity index (χ1) is 6.14. The first kappa shape index (κ1) is 8.38. The van der Waals surface area contributed by atoms with Crippen molar-refractivity contribution in [2.45, 2.75) is 14.7 Å². The highest BCUT2D eigenvalue weighted by atomic mass is 35.5. The summed E-state index contributed by atoms with van der Waals surface area (Å²) in [6.07, 6.45) is 5.52. The standard InChI is InChI=1S/C8H7ClO2S2/c9-8-3-1-6(13(8)11)7-5(8)2-4-12(7)10/h1-7H/t5-,6?,7+,8-,12+,13?/m0/s1. The van der Waals surface area contributed by atoms with Crippen LogP contribution in [0.5, 0.6) is 0 Å². The van der Waals surface area contributed by atoms with Gasteiger partial charge in [-0.25, -0.2) is 0 Å². The Kier molecular flexibility index (Phi) is 1.52. The van der Waals surface area contributed by atoms with E-state index in [1.165, 1.54) is 0 Å². The van der Waals surface area contributed by atoms with Crippen LogP contribution in [0.4, 0.5) is 0 Å². The molecule has 2 nitrogen and oxygen atoms in total. The maximum absolute atomic E-state index is 11.8. The van der Waals surface area contributed by atoms with Gasteiger partial charge in [0.1, 0.15) is 4.21 Å². The number of halogens is 1. The van der Waals surface area contributed by atoms with Gasteiger partial charge in [-0.05, 0) is 5.41 Å². The average Bonchev–Trinajstić information content (AvgIpc) is 2.66. The summed E-state index contributed by atoms with van der Waals surface area (Å²) in [6, 6.07) is 0. The monoisotopic (exact) mass is 234 g/mol. The minimum Gasteiger partial charge on any atom is -0.257 e. The second-order valence-corrected chi connectivity index (χ2v) is 7.60. The number of fused-ring (bicyclic) bond motifs is 5. The van der Waals surface area contributed by atoms with Gasteiger partial charge < -0.3 is 0 Å². The number of alkyl halides is 1. The lowest BCUT2D eigenvalue weighted by atomic mass is 9.94. The minimum absolute atomic E-state index is 0.00540. The molecule has 70 valence electrons. The van der Waals surface area contributed by atoms with E-state index in [-0.39, 0.29) is 16.4 Å². The van der Waals surface area contributed by atoms with Crippen LogP contribution in [0.15, 0.2) is 23.6 Å². The fraction of sp³-hybridized carbons (Fsp3) is 0.500. The molecule has 0 spiro atoms. The maximum Gasteiger partial charge on any atom is 0.145 e. The van der Waals surface area contributed by atoms with Crippen molar-refractivity contribution in [1.29, 1.82) is 0 Å². The normalized spacial score (nSPS) is 61.8. The van der Waals surface area contributed by atoms with Crippen molar-refractivity contribution in [2.24, 2.45) is 5.92 Å². The molecule has 1 fully saturated rings. The zero-order chi connectivity index (χ0) is 9.22. The molecule has 2 unspecified atom stereocenters. The van der Waals surface area contributed by atoms with E-state index < -0.39 is 25.8 Å². The zero-order valence-corrected chi connectivity index (χ0v) is 8.94. The summed E-state index contributed by atoms with van der Waals surface area (Å²) >= 11 is 6.24. The highest BCUT2D eigenvalue weighted by molar-refractivity contribution is 7.94. The molecule has 0 aromatic carbocycles. The Morgan fingerprint density at radius 2 is 2.08 bits per heavy atom. The molecule has 3 aliphatic rings. The van der Waals surface area contributed by atoms with E-state index in [1.807, 2.05) is 18.2 Å². The smallest absolute Gasteiger partial charge is 0.145 e. The molecule has 3 heterocycles. The average molecular weight is 235 g/mol. The fourth-order valence-corrected chi connectivity index (χ4v) is 6.84. The Morgan fingerprint density at radius 1 is 1.31 bits per heavy atom. The Bertz CT molecular complexity index is 390. The lowest BCUT2D eigenvalue weighted by Crippen LogP contribution is -2.31. The van der Waals surface area contributed by atoms with Crippen molar-refractivity contribution in [3.8, 4) is 0 Å². The predicted octanol–water partition coefficient (Wildman–Crippen LogP) is 0.883. The molecule has 6 atom stereocenters. The highest BCUT2D eigenvalue weighted by Gasteiger charge is 2.62. The summed E-state index contributed by atoms with van der Waals surface area (Å²) in [4.78, 5) is 0. The molecule has 0 aromatic rings. The quantitative estimate of drug-likeness (QED) is 0.461. The molecule has 0 aliphatic carbocycles. The number of rotatable bonds is 0. The van der Waals surface area contributed by atoms with Crippen LogP contribution in [0.2, 0.25) is 0 Å². The number of allylic oxidation sites excluding steroid dienone is 1. The Hall–Kier alpha value is 0.0700. The highest BCUT2D eigenvalue weighted by Crippen LogP contribution is 2.53. The van der Waals surface area contributed by atoms with Gasteiger partial charge in [-0.1, -0.05) is 29.8 Å². The maximum atomic E-state index is 11.8. The summed E-state index contributed by atoms with van der Waals surface area (Å²) in [5.74, 6) is 0.00540. The summed E-state index contributed by atoms with van der Waals surface area (Å²) in [5.41, 5.74) is 0. The van der Waals surface area contributed by atoms with Gasteiger partial charge in [0.2, 0.25) is 0 Å². The van der Waals surface area contributed by atoms with E-state index in [2.05, 4.69) is 0 Å². The van der Waals surface area contributed by atoms with Crippen molar-refractivity contribution in [3.63, 3.8) is 0 Å². The Labute approximate surface area is 85.9 Å². The molecule has 5 heteroatoms. The molecule has 0 amide bonds. The van der Waals surface area contributed by atoms with Crippen molar-refractivity contribution in [1.82, 2.24) is 0 Å². The molecule has 0 aromatic heterocycles. The van der Waals surface area contributed by atoms with Crippen LogP contribution >= 0.6 is 11.6 Å². The summed E-state index contributed by atoms with van der Waals surface area (Å²) < 4.78 is 22.6. The summed E-state index contributed by atoms with van der Waals surface area (Å²) in [6.45, 7) is 0. The van der Waals surface area contributed by atoms with Crippen LogP contribution in [0.1, 0.15) is 0 Å². The third-order valence-electron chi connectivity index (χ3n) is 2.89. The molecule has 13 heavy (non-hydrogen) atoms. The molecule has 0 radical (unpaired) electrons. The van der Waals surface area contributed by atoms with Gasteiger partial charge in [0, 0.05) is 5.92 Å². The van der Waals surface area contributed by atoms with Gasteiger partial charge in [0.15, 0.2) is 0 Å². The van der Waals surface area contributed by atoms with Crippen molar-refractivity contribution < 1.29 is 8.42 Å². The first-order valence-corrected chi connectivity index (χ1v) is 6.88. The molecular formula is C8H7ClO2S2. The van der Waals surface area contributed by atoms with E-state index in [0.717, 1.165) is 0 Å². The third-order valence-corrected chi connectivity index (χ3v) is 7.41.